The summed E-state index contributed by atoms with van der Waals surface area (Å²) in [6.07, 6.45) is 0. The number of esters is 1. The molecule has 0 spiro atoms. The number of carbonyl (C=O) groups excluding carboxylic acids is 1. The number of nitro groups is 1. The number of hydrogen-bond acceptors (Lipinski definition) is 8. The summed E-state index contributed by atoms with van der Waals surface area (Å²) in [6, 6.07) is 4.72. The van der Waals surface area contributed by atoms with Crippen LogP contribution >= 0.6 is 11.3 Å². The minimum atomic E-state index is -4.30. The Morgan fingerprint density at radius 3 is 2.58 bits per heavy atom. The van der Waals surface area contributed by atoms with Crippen LogP contribution in [0.5, 0.6) is 5.75 Å². The SMILES string of the molecule is COC(=O)c1sccc1NS(=O)(=O)c1ccc(OC)cc1[N+](=O)[O-]. The first-order chi connectivity index (χ1) is 11.3. The topological polar surface area (TPSA) is 125 Å². The van der Waals surface area contributed by atoms with E-state index in [1.807, 2.05) is 0 Å². The van der Waals surface area contributed by atoms with E-state index in [1.165, 1.54) is 24.6 Å². The molecule has 9 nitrogen and oxygen atoms in total. The molecule has 1 heterocycles. The highest BCUT2D eigenvalue weighted by atomic mass is 32.2. The van der Waals surface area contributed by atoms with Crippen LogP contribution < -0.4 is 9.46 Å². The first kappa shape index (κ1) is 17.7. The molecule has 0 atom stereocenters. The van der Waals surface area contributed by atoms with Crippen LogP contribution in [0.4, 0.5) is 11.4 Å². The summed E-state index contributed by atoms with van der Waals surface area (Å²) in [5.74, 6) is -0.571. The number of ether oxygens (including phenoxy) is 2. The molecule has 0 amide bonds. The number of nitro benzene ring substituents is 1. The zero-order chi connectivity index (χ0) is 17.9. The fraction of sp³-hybridized carbons (Fsp3) is 0.154. The van der Waals surface area contributed by atoms with Gasteiger partial charge in [-0.1, -0.05) is 0 Å². The normalized spacial score (nSPS) is 10.9. The lowest BCUT2D eigenvalue weighted by Crippen LogP contribution is -2.16. The first-order valence-electron chi connectivity index (χ1n) is 6.31. The fourth-order valence-corrected chi connectivity index (χ4v) is 3.89. The van der Waals surface area contributed by atoms with Gasteiger partial charge in [0, 0.05) is 0 Å². The van der Waals surface area contributed by atoms with Crippen molar-refractivity contribution >= 4 is 38.7 Å². The molecule has 1 N–H and O–H groups in total. The van der Waals surface area contributed by atoms with Crippen LogP contribution in [-0.4, -0.2) is 33.5 Å². The molecule has 0 fully saturated rings. The largest absolute Gasteiger partial charge is 0.497 e. The average Bonchev–Trinajstić information content (AvgIpc) is 3.00. The summed E-state index contributed by atoms with van der Waals surface area (Å²) in [6.45, 7) is 0. The van der Waals surface area contributed by atoms with Gasteiger partial charge in [-0.3, -0.25) is 14.8 Å². The maximum Gasteiger partial charge on any atom is 0.350 e. The summed E-state index contributed by atoms with van der Waals surface area (Å²) in [4.78, 5) is 21.4. The number of nitrogens with zero attached hydrogens (tertiary/aromatic N) is 1. The molecule has 0 aliphatic rings. The number of sulfonamides is 1. The van der Waals surface area contributed by atoms with Gasteiger partial charge in [-0.25, -0.2) is 13.2 Å². The monoisotopic (exact) mass is 372 g/mol. The van der Waals surface area contributed by atoms with Crippen molar-refractivity contribution in [3.05, 3.63) is 44.6 Å². The summed E-state index contributed by atoms with van der Waals surface area (Å²) < 4.78 is 36.6. The maximum atomic E-state index is 12.5. The quantitative estimate of drug-likeness (QED) is 0.468. The predicted molar refractivity (Wildman–Crippen MR) is 86.1 cm³/mol. The highest BCUT2D eigenvalue weighted by molar-refractivity contribution is 7.92. The van der Waals surface area contributed by atoms with E-state index in [4.69, 9.17) is 4.74 Å². The lowest BCUT2D eigenvalue weighted by atomic mass is 10.3. The van der Waals surface area contributed by atoms with Gasteiger partial charge in [-0.2, -0.15) is 0 Å². The smallest absolute Gasteiger partial charge is 0.350 e. The average molecular weight is 372 g/mol. The van der Waals surface area contributed by atoms with Gasteiger partial charge in [0.1, 0.15) is 10.6 Å². The Morgan fingerprint density at radius 1 is 1.29 bits per heavy atom. The number of nitrogens with one attached hydrogen (secondary N) is 1. The van der Waals surface area contributed by atoms with Crippen LogP contribution in [0.25, 0.3) is 0 Å². The molecule has 1 aromatic carbocycles. The summed E-state index contributed by atoms with van der Waals surface area (Å²) in [5.41, 5.74) is -0.659. The third-order valence-corrected chi connectivity index (χ3v) is 5.24. The maximum absolute atomic E-state index is 12.5. The number of carbonyl (C=O) groups is 1. The third kappa shape index (κ3) is 3.46. The highest BCUT2D eigenvalue weighted by Crippen LogP contribution is 2.31. The first-order valence-corrected chi connectivity index (χ1v) is 8.67. The number of anilines is 1. The second-order valence-electron chi connectivity index (χ2n) is 4.35. The zero-order valence-corrected chi connectivity index (χ0v) is 14.1. The summed E-state index contributed by atoms with van der Waals surface area (Å²) in [7, 11) is -1.83. The standard InChI is InChI=1S/C13H12N2O7S2/c1-21-8-3-4-11(10(7-8)15(17)18)24(19,20)14-9-5-6-23-12(9)13(16)22-2/h3-7,14H,1-2H3. The zero-order valence-electron chi connectivity index (χ0n) is 12.5. The van der Waals surface area contributed by atoms with Crippen molar-refractivity contribution in [3.63, 3.8) is 0 Å². The van der Waals surface area contributed by atoms with E-state index in [9.17, 15) is 23.3 Å². The van der Waals surface area contributed by atoms with E-state index in [1.54, 1.807) is 0 Å². The fourth-order valence-electron chi connectivity index (χ4n) is 1.83. The third-order valence-electron chi connectivity index (χ3n) is 2.93. The molecule has 0 saturated heterocycles. The molecule has 0 saturated carbocycles. The van der Waals surface area contributed by atoms with E-state index in [0.717, 1.165) is 30.6 Å². The number of benzene rings is 1. The van der Waals surface area contributed by atoms with Crippen LogP contribution in [-0.2, 0) is 14.8 Å². The van der Waals surface area contributed by atoms with Crippen LogP contribution in [0.15, 0.2) is 34.5 Å². The van der Waals surface area contributed by atoms with Crippen molar-refractivity contribution in [3.8, 4) is 5.75 Å². The molecule has 0 radical (unpaired) electrons. The molecule has 2 rings (SSSR count). The van der Waals surface area contributed by atoms with E-state index in [-0.39, 0.29) is 16.3 Å². The molecule has 0 aliphatic carbocycles. The van der Waals surface area contributed by atoms with Crippen molar-refractivity contribution in [1.29, 1.82) is 0 Å². The molecule has 1 aromatic heterocycles. The summed E-state index contributed by atoms with van der Waals surface area (Å²) in [5, 5.41) is 12.6. The molecule has 2 aromatic rings. The number of thiophene rings is 1. The van der Waals surface area contributed by atoms with Crippen LogP contribution in [0.3, 0.4) is 0 Å². The van der Waals surface area contributed by atoms with Gasteiger partial charge in [0.05, 0.1) is 30.9 Å². The lowest BCUT2D eigenvalue weighted by Gasteiger charge is -2.09. The van der Waals surface area contributed by atoms with Crippen molar-refractivity contribution in [2.24, 2.45) is 0 Å². The molecule has 11 heteroatoms. The number of methoxy groups -OCH3 is 2. The Labute approximate surface area is 141 Å². The van der Waals surface area contributed by atoms with Gasteiger partial charge in [-0.15, -0.1) is 11.3 Å². The molecule has 0 aliphatic heterocycles. The van der Waals surface area contributed by atoms with Gasteiger partial charge >= 0.3 is 5.97 Å². The Bertz CT molecular complexity index is 889. The van der Waals surface area contributed by atoms with Gasteiger partial charge < -0.3 is 9.47 Å². The number of hydrogen-bond donors (Lipinski definition) is 1. The van der Waals surface area contributed by atoms with Crippen LogP contribution in [0, 0.1) is 10.1 Å². The Morgan fingerprint density at radius 2 is 2.00 bits per heavy atom. The number of rotatable bonds is 6. The second-order valence-corrected chi connectivity index (χ2v) is 6.92. The minimum absolute atomic E-state index is 0.0167. The minimum Gasteiger partial charge on any atom is -0.497 e. The predicted octanol–water partition coefficient (Wildman–Crippen LogP) is 2.25. The van der Waals surface area contributed by atoms with Crippen LogP contribution in [0.1, 0.15) is 9.67 Å². The van der Waals surface area contributed by atoms with Crippen LogP contribution in [0.2, 0.25) is 0 Å². The molecular weight excluding hydrogens is 360 g/mol. The Hall–Kier alpha value is -2.66. The summed E-state index contributed by atoms with van der Waals surface area (Å²) >= 11 is 0.979. The lowest BCUT2D eigenvalue weighted by molar-refractivity contribution is -0.387. The van der Waals surface area contributed by atoms with E-state index in [0.29, 0.717) is 0 Å². The van der Waals surface area contributed by atoms with Crippen molar-refractivity contribution in [1.82, 2.24) is 0 Å². The van der Waals surface area contributed by atoms with Gasteiger partial charge in [0.2, 0.25) is 0 Å². The van der Waals surface area contributed by atoms with Crippen molar-refractivity contribution in [2.75, 3.05) is 18.9 Å². The van der Waals surface area contributed by atoms with E-state index < -0.39 is 31.5 Å². The highest BCUT2D eigenvalue weighted by Gasteiger charge is 2.28. The molecule has 0 bridgehead atoms. The Balaban J connectivity index is 2.47. The molecule has 128 valence electrons. The Kier molecular flexibility index (Phi) is 5.04. The van der Waals surface area contributed by atoms with Gasteiger partial charge in [0.15, 0.2) is 4.90 Å². The van der Waals surface area contributed by atoms with E-state index in [2.05, 4.69) is 9.46 Å². The molecular formula is C13H12N2O7S2. The van der Waals surface area contributed by atoms with Crippen molar-refractivity contribution < 1.29 is 27.6 Å². The second kappa shape index (κ2) is 6.84. The van der Waals surface area contributed by atoms with Gasteiger partial charge in [0.25, 0.3) is 15.7 Å². The van der Waals surface area contributed by atoms with Gasteiger partial charge in [-0.05, 0) is 23.6 Å². The van der Waals surface area contributed by atoms with Crippen molar-refractivity contribution in [2.45, 2.75) is 4.90 Å². The van der Waals surface area contributed by atoms with E-state index >= 15 is 0 Å². The molecule has 0 unspecified atom stereocenters. The molecule has 24 heavy (non-hydrogen) atoms.